The van der Waals surface area contributed by atoms with Crippen LogP contribution in [0.2, 0.25) is 0 Å². The first-order valence-corrected chi connectivity index (χ1v) is 7.83. The SMILES string of the molecule is C=C1c2cc(CC)ccc2CN1c1ccc2ccccc2c1. The van der Waals surface area contributed by atoms with Crippen molar-refractivity contribution >= 4 is 22.2 Å². The van der Waals surface area contributed by atoms with E-state index in [9.17, 15) is 0 Å². The fourth-order valence-electron chi connectivity index (χ4n) is 3.25. The Labute approximate surface area is 131 Å². The van der Waals surface area contributed by atoms with Crippen LogP contribution in [0.5, 0.6) is 0 Å². The van der Waals surface area contributed by atoms with Crippen molar-refractivity contribution in [3.63, 3.8) is 0 Å². The highest BCUT2D eigenvalue weighted by Gasteiger charge is 2.23. The molecule has 0 amide bonds. The Morgan fingerprint density at radius 1 is 0.955 bits per heavy atom. The van der Waals surface area contributed by atoms with Gasteiger partial charge in [0.15, 0.2) is 0 Å². The van der Waals surface area contributed by atoms with Crippen LogP contribution in [0.3, 0.4) is 0 Å². The Kier molecular flexibility index (Phi) is 3.00. The van der Waals surface area contributed by atoms with Crippen LogP contribution >= 0.6 is 0 Å². The third kappa shape index (κ3) is 2.01. The number of rotatable bonds is 2. The molecule has 3 aromatic rings. The van der Waals surface area contributed by atoms with Crippen molar-refractivity contribution in [3.05, 3.63) is 83.9 Å². The minimum absolute atomic E-state index is 0.913. The molecule has 1 nitrogen and oxygen atoms in total. The van der Waals surface area contributed by atoms with Gasteiger partial charge in [-0.15, -0.1) is 0 Å². The molecule has 0 bridgehead atoms. The lowest BCUT2D eigenvalue weighted by Gasteiger charge is -2.20. The third-order valence-corrected chi connectivity index (χ3v) is 4.59. The van der Waals surface area contributed by atoms with Gasteiger partial charge in [0.1, 0.15) is 0 Å². The number of anilines is 1. The smallest absolute Gasteiger partial charge is 0.0488 e. The van der Waals surface area contributed by atoms with Crippen LogP contribution in [-0.4, -0.2) is 0 Å². The molecular weight excluding hydrogens is 266 g/mol. The van der Waals surface area contributed by atoms with E-state index >= 15 is 0 Å². The van der Waals surface area contributed by atoms with E-state index in [4.69, 9.17) is 0 Å². The molecule has 1 heterocycles. The normalized spacial score (nSPS) is 13.7. The summed E-state index contributed by atoms with van der Waals surface area (Å²) in [6.07, 6.45) is 1.07. The maximum absolute atomic E-state index is 4.33. The molecule has 0 unspecified atom stereocenters. The molecule has 0 saturated heterocycles. The van der Waals surface area contributed by atoms with Gasteiger partial charge in [-0.1, -0.05) is 56.0 Å². The molecule has 0 fully saturated rings. The summed E-state index contributed by atoms with van der Waals surface area (Å²) in [6.45, 7) is 7.44. The minimum atomic E-state index is 0.913. The van der Waals surface area contributed by atoms with Crippen LogP contribution in [-0.2, 0) is 13.0 Å². The summed E-state index contributed by atoms with van der Waals surface area (Å²) in [5.74, 6) is 0. The van der Waals surface area contributed by atoms with Crippen molar-refractivity contribution < 1.29 is 0 Å². The zero-order valence-electron chi connectivity index (χ0n) is 12.8. The van der Waals surface area contributed by atoms with Crippen molar-refractivity contribution in [2.75, 3.05) is 4.90 Å². The van der Waals surface area contributed by atoms with Gasteiger partial charge < -0.3 is 4.90 Å². The van der Waals surface area contributed by atoms with Gasteiger partial charge in [-0.3, -0.25) is 0 Å². The lowest BCUT2D eigenvalue weighted by atomic mass is 10.0. The van der Waals surface area contributed by atoms with Crippen LogP contribution < -0.4 is 4.90 Å². The number of hydrogen-bond donors (Lipinski definition) is 0. The fraction of sp³-hybridized carbons (Fsp3) is 0.143. The largest absolute Gasteiger partial charge is 0.337 e. The first-order chi connectivity index (χ1) is 10.8. The van der Waals surface area contributed by atoms with Gasteiger partial charge in [0, 0.05) is 23.5 Å². The number of benzene rings is 3. The van der Waals surface area contributed by atoms with Gasteiger partial charge in [0.25, 0.3) is 0 Å². The molecule has 1 aliphatic rings. The van der Waals surface area contributed by atoms with E-state index in [0.717, 1.165) is 18.7 Å². The van der Waals surface area contributed by atoms with Crippen molar-refractivity contribution in [3.8, 4) is 0 Å². The summed E-state index contributed by atoms with van der Waals surface area (Å²) in [7, 11) is 0. The monoisotopic (exact) mass is 285 g/mol. The molecule has 0 atom stereocenters. The topological polar surface area (TPSA) is 3.24 Å². The van der Waals surface area contributed by atoms with Crippen LogP contribution in [0, 0.1) is 0 Å². The molecule has 0 radical (unpaired) electrons. The van der Waals surface area contributed by atoms with Gasteiger partial charge in [0.2, 0.25) is 0 Å². The average molecular weight is 285 g/mol. The predicted octanol–water partition coefficient (Wildman–Crippen LogP) is 5.39. The molecule has 0 saturated carbocycles. The Morgan fingerprint density at radius 3 is 2.59 bits per heavy atom. The van der Waals surface area contributed by atoms with Crippen LogP contribution in [0.1, 0.15) is 23.6 Å². The van der Waals surface area contributed by atoms with Crippen molar-refractivity contribution in [2.45, 2.75) is 19.9 Å². The summed E-state index contributed by atoms with van der Waals surface area (Å²) in [4.78, 5) is 2.32. The molecule has 108 valence electrons. The summed E-state index contributed by atoms with van der Waals surface area (Å²) >= 11 is 0. The van der Waals surface area contributed by atoms with Gasteiger partial charge in [0.05, 0.1) is 0 Å². The second-order valence-corrected chi connectivity index (χ2v) is 5.91. The second-order valence-electron chi connectivity index (χ2n) is 5.91. The zero-order chi connectivity index (χ0) is 15.1. The van der Waals surface area contributed by atoms with E-state index < -0.39 is 0 Å². The van der Waals surface area contributed by atoms with Crippen molar-refractivity contribution in [2.24, 2.45) is 0 Å². The number of aryl methyl sites for hydroxylation is 1. The zero-order valence-corrected chi connectivity index (χ0v) is 12.8. The average Bonchev–Trinajstić information content (AvgIpc) is 2.90. The molecule has 0 aliphatic carbocycles. The van der Waals surface area contributed by atoms with E-state index in [1.54, 1.807) is 0 Å². The first kappa shape index (κ1) is 13.1. The molecule has 0 aromatic heterocycles. The Morgan fingerprint density at radius 2 is 1.77 bits per heavy atom. The van der Waals surface area contributed by atoms with Gasteiger partial charge >= 0.3 is 0 Å². The summed E-state index contributed by atoms with van der Waals surface area (Å²) in [5.41, 5.74) is 6.38. The van der Waals surface area contributed by atoms with E-state index in [-0.39, 0.29) is 0 Å². The molecule has 1 heteroatoms. The Balaban J connectivity index is 1.75. The molecule has 4 rings (SSSR count). The highest BCUT2D eigenvalue weighted by molar-refractivity contribution is 5.90. The quantitative estimate of drug-likeness (QED) is 0.610. The lowest BCUT2D eigenvalue weighted by Crippen LogP contribution is -2.12. The van der Waals surface area contributed by atoms with Crippen LogP contribution in [0.25, 0.3) is 16.5 Å². The molecule has 1 aliphatic heterocycles. The second kappa shape index (κ2) is 5.03. The Hall–Kier alpha value is -2.54. The van der Waals surface area contributed by atoms with E-state index in [2.05, 4.69) is 79.1 Å². The minimum Gasteiger partial charge on any atom is -0.337 e. The lowest BCUT2D eigenvalue weighted by molar-refractivity contribution is 1.04. The summed E-state index contributed by atoms with van der Waals surface area (Å²) in [5, 5.41) is 2.56. The van der Waals surface area contributed by atoms with E-state index in [1.165, 1.54) is 33.2 Å². The summed E-state index contributed by atoms with van der Waals surface area (Å²) < 4.78 is 0. The maximum Gasteiger partial charge on any atom is 0.0488 e. The predicted molar refractivity (Wildman–Crippen MR) is 95.0 cm³/mol. The molecule has 22 heavy (non-hydrogen) atoms. The molecule has 0 N–H and O–H groups in total. The molecule has 0 spiro atoms. The number of fused-ring (bicyclic) bond motifs is 2. The molecular formula is C21H19N. The highest BCUT2D eigenvalue weighted by atomic mass is 15.2. The van der Waals surface area contributed by atoms with Crippen molar-refractivity contribution in [1.82, 2.24) is 0 Å². The fourth-order valence-corrected chi connectivity index (χ4v) is 3.25. The van der Waals surface area contributed by atoms with Gasteiger partial charge in [-0.05, 0) is 46.5 Å². The van der Waals surface area contributed by atoms with Gasteiger partial charge in [-0.25, -0.2) is 0 Å². The standard InChI is InChI=1S/C21H19N/c1-3-16-8-9-19-14-22(15(2)21(19)12-16)20-11-10-17-6-4-5-7-18(17)13-20/h4-13H,2-3,14H2,1H3. The highest BCUT2D eigenvalue weighted by Crippen LogP contribution is 2.37. The number of hydrogen-bond acceptors (Lipinski definition) is 1. The van der Waals surface area contributed by atoms with Crippen LogP contribution in [0.15, 0.2) is 67.2 Å². The first-order valence-electron chi connectivity index (χ1n) is 7.83. The molecule has 3 aromatic carbocycles. The maximum atomic E-state index is 4.33. The Bertz CT molecular complexity index is 876. The van der Waals surface area contributed by atoms with Crippen molar-refractivity contribution in [1.29, 1.82) is 0 Å². The summed E-state index contributed by atoms with van der Waals surface area (Å²) in [6, 6.07) is 21.9. The third-order valence-electron chi connectivity index (χ3n) is 4.59. The van der Waals surface area contributed by atoms with Gasteiger partial charge in [-0.2, -0.15) is 0 Å². The number of nitrogens with zero attached hydrogens (tertiary/aromatic N) is 1. The van der Waals surface area contributed by atoms with E-state index in [1.807, 2.05) is 0 Å². The van der Waals surface area contributed by atoms with E-state index in [0.29, 0.717) is 0 Å². The van der Waals surface area contributed by atoms with Crippen LogP contribution in [0.4, 0.5) is 5.69 Å².